The molecule has 0 atom stereocenters. The average molecular weight is 385 g/mol. The van der Waals surface area contributed by atoms with Crippen molar-refractivity contribution >= 4 is 45.2 Å². The summed E-state index contributed by atoms with van der Waals surface area (Å²) in [5.41, 5.74) is 3.45. The minimum Gasteiger partial charge on any atom is -0.305 e. The van der Waals surface area contributed by atoms with Gasteiger partial charge in [-0.25, -0.2) is 4.79 Å². The molecule has 96 valence electrons. The zero-order chi connectivity index (χ0) is 13.6. The summed E-state index contributed by atoms with van der Waals surface area (Å²) in [6.07, 6.45) is 0. The highest BCUT2D eigenvalue weighted by atomic mass is 127. The Morgan fingerprint density at radius 3 is 2.74 bits per heavy atom. The Labute approximate surface area is 128 Å². The van der Waals surface area contributed by atoms with Gasteiger partial charge in [-0.3, -0.25) is 4.57 Å². The molecular weight excluding hydrogens is 375 g/mol. The quantitative estimate of drug-likeness (QED) is 0.635. The van der Waals surface area contributed by atoms with Crippen LogP contribution in [0.15, 0.2) is 41.2 Å². The molecular formula is C14H10ClIN2O. The summed E-state index contributed by atoms with van der Waals surface area (Å²) >= 11 is 8.26. The normalized spacial score (nSPS) is 11.1. The van der Waals surface area contributed by atoms with Crippen molar-refractivity contribution in [1.29, 1.82) is 0 Å². The SMILES string of the molecule is Cc1ccc(-n2c(=O)[nH]c3ccc(Cl)cc32)c(I)c1. The molecule has 0 fully saturated rings. The zero-order valence-electron chi connectivity index (χ0n) is 10.1. The van der Waals surface area contributed by atoms with Crippen molar-refractivity contribution in [2.24, 2.45) is 0 Å². The van der Waals surface area contributed by atoms with Crippen molar-refractivity contribution < 1.29 is 0 Å². The van der Waals surface area contributed by atoms with E-state index in [0.29, 0.717) is 5.02 Å². The average Bonchev–Trinajstić information content (AvgIpc) is 2.65. The van der Waals surface area contributed by atoms with E-state index >= 15 is 0 Å². The Bertz CT molecular complexity index is 835. The molecule has 1 heterocycles. The lowest BCUT2D eigenvalue weighted by Gasteiger charge is -2.07. The van der Waals surface area contributed by atoms with Crippen molar-refractivity contribution in [2.45, 2.75) is 6.92 Å². The molecule has 1 aromatic heterocycles. The van der Waals surface area contributed by atoms with Crippen molar-refractivity contribution in [3.8, 4) is 5.69 Å². The van der Waals surface area contributed by atoms with Crippen LogP contribution in [0.1, 0.15) is 5.56 Å². The third-order valence-corrected chi connectivity index (χ3v) is 4.09. The number of aromatic nitrogens is 2. The van der Waals surface area contributed by atoms with Crippen molar-refractivity contribution in [2.75, 3.05) is 0 Å². The van der Waals surface area contributed by atoms with Gasteiger partial charge < -0.3 is 4.98 Å². The number of hydrogen-bond donors (Lipinski definition) is 1. The first-order chi connectivity index (χ1) is 9.06. The number of aromatic amines is 1. The summed E-state index contributed by atoms with van der Waals surface area (Å²) in [6, 6.07) is 11.4. The summed E-state index contributed by atoms with van der Waals surface area (Å²) in [5, 5.41) is 0.613. The van der Waals surface area contributed by atoms with E-state index in [-0.39, 0.29) is 5.69 Å². The molecule has 0 amide bonds. The topological polar surface area (TPSA) is 37.8 Å². The Morgan fingerprint density at radius 2 is 2.00 bits per heavy atom. The molecule has 0 saturated carbocycles. The first kappa shape index (κ1) is 12.7. The molecule has 0 bridgehead atoms. The maximum absolute atomic E-state index is 12.1. The summed E-state index contributed by atoms with van der Waals surface area (Å²) in [4.78, 5) is 15.0. The largest absolute Gasteiger partial charge is 0.331 e. The van der Waals surface area contributed by atoms with Gasteiger partial charge in [0.05, 0.1) is 16.7 Å². The minimum atomic E-state index is -0.154. The fourth-order valence-electron chi connectivity index (χ4n) is 2.11. The molecule has 2 aromatic carbocycles. The molecule has 0 spiro atoms. The van der Waals surface area contributed by atoms with Crippen LogP contribution in [-0.2, 0) is 0 Å². The van der Waals surface area contributed by atoms with Crippen molar-refractivity contribution in [3.05, 3.63) is 61.0 Å². The lowest BCUT2D eigenvalue weighted by molar-refractivity contribution is 1.01. The van der Waals surface area contributed by atoms with Gasteiger partial charge in [0.2, 0.25) is 0 Å². The second-order valence-corrected chi connectivity index (χ2v) is 5.98. The van der Waals surface area contributed by atoms with Gasteiger partial charge in [0.15, 0.2) is 0 Å². The highest BCUT2D eigenvalue weighted by Crippen LogP contribution is 2.23. The Morgan fingerprint density at radius 1 is 1.21 bits per heavy atom. The first-order valence-electron chi connectivity index (χ1n) is 5.73. The van der Waals surface area contributed by atoms with Gasteiger partial charge in [-0.15, -0.1) is 0 Å². The smallest absolute Gasteiger partial charge is 0.305 e. The third kappa shape index (κ3) is 2.19. The van der Waals surface area contributed by atoms with Crippen LogP contribution in [0.5, 0.6) is 0 Å². The molecule has 0 aliphatic rings. The fraction of sp³-hybridized carbons (Fsp3) is 0.0714. The van der Waals surface area contributed by atoms with Crippen LogP contribution in [0.3, 0.4) is 0 Å². The molecule has 3 rings (SSSR count). The van der Waals surface area contributed by atoms with Crippen LogP contribution in [0, 0.1) is 10.5 Å². The maximum atomic E-state index is 12.1. The molecule has 0 saturated heterocycles. The monoisotopic (exact) mass is 384 g/mol. The van der Waals surface area contributed by atoms with Gasteiger partial charge in [-0.05, 0) is 65.4 Å². The predicted octanol–water partition coefficient (Wildman–Crippen LogP) is 3.89. The summed E-state index contributed by atoms with van der Waals surface area (Å²) in [5.74, 6) is 0. The maximum Gasteiger partial charge on any atom is 0.331 e. The molecule has 5 heteroatoms. The Hall–Kier alpha value is -1.27. The number of hydrogen-bond acceptors (Lipinski definition) is 1. The molecule has 0 aliphatic heterocycles. The number of rotatable bonds is 1. The van der Waals surface area contributed by atoms with Gasteiger partial charge in [0.25, 0.3) is 0 Å². The van der Waals surface area contributed by atoms with Crippen LogP contribution in [-0.4, -0.2) is 9.55 Å². The molecule has 0 radical (unpaired) electrons. The second-order valence-electron chi connectivity index (χ2n) is 4.38. The molecule has 0 aliphatic carbocycles. The second kappa shape index (κ2) is 4.68. The highest BCUT2D eigenvalue weighted by Gasteiger charge is 2.11. The minimum absolute atomic E-state index is 0.154. The number of nitrogens with one attached hydrogen (secondary N) is 1. The number of aryl methyl sites for hydroxylation is 1. The number of fused-ring (bicyclic) bond motifs is 1. The first-order valence-corrected chi connectivity index (χ1v) is 7.19. The summed E-state index contributed by atoms with van der Waals surface area (Å²) in [6.45, 7) is 2.03. The van der Waals surface area contributed by atoms with E-state index in [1.165, 1.54) is 5.56 Å². The van der Waals surface area contributed by atoms with E-state index in [2.05, 4.69) is 27.6 Å². The summed E-state index contributed by atoms with van der Waals surface area (Å²) in [7, 11) is 0. The molecule has 3 nitrogen and oxygen atoms in total. The molecule has 1 N–H and O–H groups in total. The Kier molecular flexibility index (Phi) is 3.14. The zero-order valence-corrected chi connectivity index (χ0v) is 13.0. The van der Waals surface area contributed by atoms with E-state index in [1.807, 2.05) is 31.2 Å². The van der Waals surface area contributed by atoms with Gasteiger partial charge in [0, 0.05) is 8.59 Å². The third-order valence-electron chi connectivity index (χ3n) is 2.99. The Balaban J connectivity index is 2.38. The van der Waals surface area contributed by atoms with Crippen LogP contribution in [0.2, 0.25) is 5.02 Å². The van der Waals surface area contributed by atoms with Crippen LogP contribution < -0.4 is 5.69 Å². The van der Waals surface area contributed by atoms with E-state index in [1.54, 1.807) is 16.7 Å². The number of benzene rings is 2. The summed E-state index contributed by atoms with van der Waals surface area (Å²) < 4.78 is 2.68. The number of H-pyrrole nitrogens is 1. The fourth-order valence-corrected chi connectivity index (χ4v) is 3.19. The van der Waals surface area contributed by atoms with Gasteiger partial charge >= 0.3 is 5.69 Å². The van der Waals surface area contributed by atoms with E-state index in [4.69, 9.17) is 11.6 Å². The van der Waals surface area contributed by atoms with Crippen LogP contribution in [0.25, 0.3) is 16.7 Å². The standard InChI is InChI=1S/C14H10ClIN2O/c1-8-2-5-12(10(16)6-8)18-13-7-9(15)3-4-11(13)17-14(18)19/h2-7H,1H3,(H,17,19). The van der Waals surface area contributed by atoms with Gasteiger partial charge in [0.1, 0.15) is 0 Å². The van der Waals surface area contributed by atoms with E-state index in [0.717, 1.165) is 20.3 Å². The highest BCUT2D eigenvalue weighted by molar-refractivity contribution is 14.1. The lowest BCUT2D eigenvalue weighted by Crippen LogP contribution is -2.15. The van der Waals surface area contributed by atoms with Gasteiger partial charge in [-0.1, -0.05) is 17.7 Å². The molecule has 3 aromatic rings. The molecule has 19 heavy (non-hydrogen) atoms. The van der Waals surface area contributed by atoms with Gasteiger partial charge in [-0.2, -0.15) is 0 Å². The number of halogens is 2. The molecule has 0 unspecified atom stereocenters. The lowest BCUT2D eigenvalue weighted by atomic mass is 10.2. The van der Waals surface area contributed by atoms with Crippen LogP contribution >= 0.6 is 34.2 Å². The van der Waals surface area contributed by atoms with E-state index < -0.39 is 0 Å². The number of nitrogens with zero attached hydrogens (tertiary/aromatic N) is 1. The van der Waals surface area contributed by atoms with Crippen molar-refractivity contribution in [3.63, 3.8) is 0 Å². The van der Waals surface area contributed by atoms with Crippen molar-refractivity contribution in [1.82, 2.24) is 9.55 Å². The number of imidazole rings is 1. The van der Waals surface area contributed by atoms with Crippen LogP contribution in [0.4, 0.5) is 0 Å². The van der Waals surface area contributed by atoms with E-state index in [9.17, 15) is 4.79 Å². The predicted molar refractivity (Wildman–Crippen MR) is 86.4 cm³/mol.